The molecule has 3 rings (SSSR count). The van der Waals surface area contributed by atoms with Crippen molar-refractivity contribution in [2.45, 2.75) is 25.3 Å². The van der Waals surface area contributed by atoms with Gasteiger partial charge in [0.15, 0.2) is 0 Å². The molecule has 0 aliphatic carbocycles. The highest BCUT2D eigenvalue weighted by Crippen LogP contribution is 2.31. The minimum Gasteiger partial charge on any atom is -0.493 e. The molecule has 2 aromatic rings. The lowest BCUT2D eigenvalue weighted by atomic mass is 10.00. The van der Waals surface area contributed by atoms with Crippen LogP contribution in [0.4, 0.5) is 10.5 Å². The monoisotopic (exact) mass is 370 g/mol. The molecule has 1 aliphatic rings. The number of urea groups is 1. The lowest BCUT2D eigenvalue weighted by Crippen LogP contribution is -2.51. The third-order valence-electron chi connectivity index (χ3n) is 4.69. The second kappa shape index (κ2) is 8.41. The molecule has 1 aliphatic heterocycles. The lowest BCUT2D eigenvalue weighted by Gasteiger charge is -2.29. The zero-order valence-corrected chi connectivity index (χ0v) is 15.7. The SMILES string of the molecule is COCC(C)(CCO)NC(=O)Nc1cccc(-c2ccc3c(c2)CCO3)c1. The van der Waals surface area contributed by atoms with Crippen molar-refractivity contribution in [1.82, 2.24) is 5.32 Å². The number of anilines is 1. The summed E-state index contributed by atoms with van der Waals surface area (Å²) in [5.41, 5.74) is 3.39. The number of nitrogens with one attached hydrogen (secondary N) is 2. The highest BCUT2D eigenvalue weighted by Gasteiger charge is 2.26. The summed E-state index contributed by atoms with van der Waals surface area (Å²) < 4.78 is 10.7. The Kier molecular flexibility index (Phi) is 5.98. The number of aliphatic hydroxyl groups is 1. The molecule has 144 valence electrons. The molecule has 1 atom stereocenters. The van der Waals surface area contributed by atoms with Crippen LogP contribution in [0.15, 0.2) is 42.5 Å². The number of hydrogen-bond donors (Lipinski definition) is 3. The predicted octanol–water partition coefficient (Wildman–Crippen LogP) is 3.20. The van der Waals surface area contributed by atoms with Gasteiger partial charge in [0.2, 0.25) is 0 Å². The Morgan fingerprint density at radius 3 is 2.85 bits per heavy atom. The van der Waals surface area contributed by atoms with Crippen molar-refractivity contribution in [2.75, 3.05) is 32.2 Å². The average molecular weight is 370 g/mol. The van der Waals surface area contributed by atoms with Crippen molar-refractivity contribution in [1.29, 1.82) is 0 Å². The fourth-order valence-electron chi connectivity index (χ4n) is 3.32. The second-order valence-corrected chi connectivity index (χ2v) is 7.05. The molecule has 2 aromatic carbocycles. The maximum absolute atomic E-state index is 12.4. The summed E-state index contributed by atoms with van der Waals surface area (Å²) in [4.78, 5) is 12.4. The summed E-state index contributed by atoms with van der Waals surface area (Å²) in [5.74, 6) is 0.953. The Morgan fingerprint density at radius 1 is 1.26 bits per heavy atom. The molecule has 0 saturated carbocycles. The van der Waals surface area contributed by atoms with Gasteiger partial charge in [-0.25, -0.2) is 4.79 Å². The van der Waals surface area contributed by atoms with Gasteiger partial charge < -0.3 is 25.2 Å². The first-order chi connectivity index (χ1) is 13.0. The molecule has 2 amide bonds. The molecular formula is C21H26N2O4. The van der Waals surface area contributed by atoms with Crippen molar-refractivity contribution in [2.24, 2.45) is 0 Å². The fraction of sp³-hybridized carbons (Fsp3) is 0.381. The van der Waals surface area contributed by atoms with Gasteiger partial charge >= 0.3 is 6.03 Å². The first-order valence-corrected chi connectivity index (χ1v) is 9.08. The fourth-order valence-corrected chi connectivity index (χ4v) is 3.32. The number of amides is 2. The molecule has 0 saturated heterocycles. The van der Waals surface area contributed by atoms with Gasteiger partial charge in [-0.1, -0.05) is 18.2 Å². The van der Waals surface area contributed by atoms with Gasteiger partial charge in [-0.05, 0) is 54.3 Å². The minimum atomic E-state index is -0.634. The van der Waals surface area contributed by atoms with Crippen LogP contribution in [0, 0.1) is 0 Å². The Hall–Kier alpha value is -2.57. The highest BCUT2D eigenvalue weighted by molar-refractivity contribution is 5.90. The van der Waals surface area contributed by atoms with E-state index in [9.17, 15) is 9.90 Å². The van der Waals surface area contributed by atoms with Crippen LogP contribution in [0.2, 0.25) is 0 Å². The first kappa shape index (κ1) is 19.2. The van der Waals surface area contributed by atoms with Crippen molar-refractivity contribution >= 4 is 11.7 Å². The number of aliphatic hydroxyl groups excluding tert-OH is 1. The van der Waals surface area contributed by atoms with Crippen molar-refractivity contribution < 1.29 is 19.4 Å². The third-order valence-corrected chi connectivity index (χ3v) is 4.69. The van der Waals surface area contributed by atoms with Gasteiger partial charge in [0.1, 0.15) is 5.75 Å². The molecule has 0 fully saturated rings. The Bertz CT molecular complexity index is 801. The number of hydrogen-bond acceptors (Lipinski definition) is 4. The number of fused-ring (bicyclic) bond motifs is 1. The van der Waals surface area contributed by atoms with Crippen molar-refractivity contribution in [3.05, 3.63) is 48.0 Å². The van der Waals surface area contributed by atoms with E-state index in [0.717, 1.165) is 29.9 Å². The Labute approximate surface area is 159 Å². The van der Waals surface area contributed by atoms with Crippen LogP contribution in [-0.2, 0) is 11.2 Å². The van der Waals surface area contributed by atoms with E-state index in [-0.39, 0.29) is 12.6 Å². The first-order valence-electron chi connectivity index (χ1n) is 9.08. The van der Waals surface area contributed by atoms with Crippen LogP contribution >= 0.6 is 0 Å². The standard InChI is InChI=1S/C21H26N2O4/c1-21(9-10-24,14-26-2)23-20(25)22-18-5-3-4-15(13-18)16-6-7-19-17(12-16)8-11-27-19/h3-7,12-13,24H,8-11,14H2,1-2H3,(H2,22,23,25). The number of methoxy groups -OCH3 is 1. The van der Waals surface area contributed by atoms with Crippen LogP contribution in [0.1, 0.15) is 18.9 Å². The molecule has 6 nitrogen and oxygen atoms in total. The number of carbonyl (C=O) groups excluding carboxylic acids is 1. The van der Waals surface area contributed by atoms with Crippen LogP contribution in [0.25, 0.3) is 11.1 Å². The smallest absolute Gasteiger partial charge is 0.319 e. The molecule has 0 radical (unpaired) electrons. The van der Waals surface area contributed by atoms with E-state index in [1.54, 1.807) is 7.11 Å². The summed E-state index contributed by atoms with van der Waals surface area (Å²) in [5, 5.41) is 15.0. The number of rotatable bonds is 7. The molecule has 3 N–H and O–H groups in total. The van der Waals surface area contributed by atoms with E-state index in [4.69, 9.17) is 9.47 Å². The molecule has 0 bridgehead atoms. The summed E-state index contributed by atoms with van der Waals surface area (Å²) >= 11 is 0. The lowest BCUT2D eigenvalue weighted by molar-refractivity contribution is 0.104. The Balaban J connectivity index is 1.71. The maximum Gasteiger partial charge on any atom is 0.319 e. The largest absolute Gasteiger partial charge is 0.493 e. The van der Waals surface area contributed by atoms with Crippen molar-refractivity contribution in [3.8, 4) is 16.9 Å². The molecule has 0 aromatic heterocycles. The number of carbonyl (C=O) groups is 1. The number of benzene rings is 2. The van der Waals surface area contributed by atoms with E-state index in [1.807, 2.05) is 43.3 Å². The molecule has 0 spiro atoms. The third kappa shape index (κ3) is 4.78. The van der Waals surface area contributed by atoms with E-state index < -0.39 is 5.54 Å². The summed E-state index contributed by atoms with van der Waals surface area (Å²) in [6.07, 6.45) is 1.33. The van der Waals surface area contributed by atoms with E-state index in [0.29, 0.717) is 18.7 Å². The normalized spacial score (nSPS) is 14.8. The van der Waals surface area contributed by atoms with Gasteiger partial charge in [0, 0.05) is 25.8 Å². The minimum absolute atomic E-state index is 0.0301. The summed E-state index contributed by atoms with van der Waals surface area (Å²) in [7, 11) is 1.57. The summed E-state index contributed by atoms with van der Waals surface area (Å²) in [6.45, 7) is 2.86. The second-order valence-electron chi connectivity index (χ2n) is 7.05. The maximum atomic E-state index is 12.4. The van der Waals surface area contributed by atoms with E-state index in [2.05, 4.69) is 16.7 Å². The van der Waals surface area contributed by atoms with Crippen LogP contribution in [-0.4, -0.2) is 43.6 Å². The zero-order valence-electron chi connectivity index (χ0n) is 15.7. The van der Waals surface area contributed by atoms with Crippen LogP contribution < -0.4 is 15.4 Å². The van der Waals surface area contributed by atoms with Crippen LogP contribution in [0.3, 0.4) is 0 Å². The summed E-state index contributed by atoms with van der Waals surface area (Å²) in [6, 6.07) is 13.5. The quantitative estimate of drug-likeness (QED) is 0.699. The van der Waals surface area contributed by atoms with Gasteiger partial charge in [-0.2, -0.15) is 0 Å². The van der Waals surface area contributed by atoms with Gasteiger partial charge in [-0.3, -0.25) is 0 Å². The van der Waals surface area contributed by atoms with Gasteiger partial charge in [0.05, 0.1) is 18.8 Å². The Morgan fingerprint density at radius 2 is 2.07 bits per heavy atom. The zero-order chi connectivity index (χ0) is 19.3. The van der Waals surface area contributed by atoms with E-state index in [1.165, 1.54) is 5.56 Å². The van der Waals surface area contributed by atoms with Crippen molar-refractivity contribution in [3.63, 3.8) is 0 Å². The molecule has 1 unspecified atom stereocenters. The number of ether oxygens (including phenoxy) is 2. The van der Waals surface area contributed by atoms with Gasteiger partial charge in [-0.15, -0.1) is 0 Å². The molecule has 1 heterocycles. The molecule has 6 heteroatoms. The van der Waals surface area contributed by atoms with E-state index >= 15 is 0 Å². The predicted molar refractivity (Wildman–Crippen MR) is 105 cm³/mol. The molecular weight excluding hydrogens is 344 g/mol. The topological polar surface area (TPSA) is 79.8 Å². The van der Waals surface area contributed by atoms with Gasteiger partial charge in [0.25, 0.3) is 0 Å². The average Bonchev–Trinajstić information content (AvgIpc) is 3.09. The highest BCUT2D eigenvalue weighted by atomic mass is 16.5. The van der Waals surface area contributed by atoms with Crippen LogP contribution in [0.5, 0.6) is 5.75 Å². The molecule has 27 heavy (non-hydrogen) atoms.